The monoisotopic (exact) mass is 349 g/mol. The Morgan fingerprint density at radius 1 is 1.25 bits per heavy atom. The van der Waals surface area contributed by atoms with Crippen molar-refractivity contribution in [3.8, 4) is 10.6 Å². The van der Waals surface area contributed by atoms with Crippen LogP contribution in [0.3, 0.4) is 0 Å². The molecular weight excluding hydrogens is 329 g/mol. The third-order valence-electron chi connectivity index (χ3n) is 3.07. The van der Waals surface area contributed by atoms with Crippen LogP contribution in [0.2, 0.25) is 0 Å². The minimum atomic E-state index is -0.685. The number of hydrogen-bond donors (Lipinski definition) is 2. The third-order valence-corrected chi connectivity index (χ3v) is 4.10. The van der Waals surface area contributed by atoms with Gasteiger partial charge in [-0.15, -0.1) is 11.3 Å². The van der Waals surface area contributed by atoms with Gasteiger partial charge >= 0.3 is 0 Å². The van der Waals surface area contributed by atoms with Crippen LogP contribution in [0, 0.1) is 5.82 Å². The zero-order valence-electron chi connectivity index (χ0n) is 14.0. The maximum absolute atomic E-state index is 13.8. The molecule has 0 spiro atoms. The van der Waals surface area contributed by atoms with Crippen LogP contribution in [-0.4, -0.2) is 28.4 Å². The van der Waals surface area contributed by atoms with Gasteiger partial charge in [0.1, 0.15) is 21.7 Å². The topological polar surface area (TPSA) is 71.1 Å². The van der Waals surface area contributed by atoms with Crippen LogP contribution in [0.15, 0.2) is 30.5 Å². The van der Waals surface area contributed by atoms with Crippen LogP contribution in [0.5, 0.6) is 0 Å². The van der Waals surface area contributed by atoms with E-state index >= 15 is 0 Å². The van der Waals surface area contributed by atoms with Crippen molar-refractivity contribution in [3.63, 3.8) is 0 Å². The van der Waals surface area contributed by atoms with Crippen LogP contribution < -0.4 is 10.6 Å². The molecule has 0 aliphatic rings. The van der Waals surface area contributed by atoms with Gasteiger partial charge in [0.2, 0.25) is 5.91 Å². The number of nitrogens with one attached hydrogen (secondary N) is 2. The molecule has 0 bridgehead atoms. The largest absolute Gasteiger partial charge is 0.350 e. The van der Waals surface area contributed by atoms with Gasteiger partial charge in [0.05, 0.1) is 6.20 Å². The lowest BCUT2D eigenvalue weighted by Gasteiger charge is -2.23. The van der Waals surface area contributed by atoms with Gasteiger partial charge < -0.3 is 10.6 Å². The maximum atomic E-state index is 13.8. The summed E-state index contributed by atoms with van der Waals surface area (Å²) in [4.78, 5) is 28.7. The van der Waals surface area contributed by atoms with E-state index in [0.717, 1.165) is 11.3 Å². The van der Waals surface area contributed by atoms with Crippen LogP contribution >= 0.6 is 11.3 Å². The Morgan fingerprint density at radius 2 is 1.92 bits per heavy atom. The van der Waals surface area contributed by atoms with Gasteiger partial charge in [0.15, 0.2) is 0 Å². The Balaban J connectivity index is 2.06. The Labute approximate surface area is 144 Å². The van der Waals surface area contributed by atoms with Gasteiger partial charge in [-0.05, 0) is 39.8 Å². The van der Waals surface area contributed by atoms with Crippen molar-refractivity contribution in [2.75, 3.05) is 0 Å². The molecule has 1 atom stereocenters. The number of hydrogen-bond acceptors (Lipinski definition) is 4. The normalized spacial score (nSPS) is 12.5. The molecule has 7 heteroatoms. The number of amides is 2. The molecule has 2 amide bonds. The first kappa shape index (κ1) is 18.1. The molecule has 1 aromatic carbocycles. The van der Waals surface area contributed by atoms with Gasteiger partial charge in [0.25, 0.3) is 5.91 Å². The molecule has 128 valence electrons. The number of thiazole rings is 1. The smallest absolute Gasteiger partial charge is 0.263 e. The fraction of sp³-hybridized carbons (Fsp3) is 0.353. The minimum Gasteiger partial charge on any atom is -0.350 e. The summed E-state index contributed by atoms with van der Waals surface area (Å²) in [5, 5.41) is 5.84. The SMILES string of the molecule is CC(NC(=O)c1cnc(-c2ccccc2F)s1)C(=O)NC(C)(C)C. The zero-order valence-corrected chi connectivity index (χ0v) is 14.8. The van der Waals surface area contributed by atoms with Crippen molar-refractivity contribution in [1.82, 2.24) is 15.6 Å². The first-order chi connectivity index (χ1) is 11.2. The Morgan fingerprint density at radius 3 is 2.54 bits per heavy atom. The number of benzene rings is 1. The highest BCUT2D eigenvalue weighted by molar-refractivity contribution is 7.16. The summed E-state index contributed by atoms with van der Waals surface area (Å²) in [6.07, 6.45) is 1.39. The molecule has 24 heavy (non-hydrogen) atoms. The van der Waals surface area contributed by atoms with E-state index in [1.165, 1.54) is 12.3 Å². The van der Waals surface area contributed by atoms with E-state index < -0.39 is 17.8 Å². The molecule has 1 heterocycles. The Hall–Kier alpha value is -2.28. The molecule has 0 aliphatic carbocycles. The van der Waals surface area contributed by atoms with Crippen molar-refractivity contribution >= 4 is 23.2 Å². The summed E-state index contributed by atoms with van der Waals surface area (Å²) in [5.41, 5.74) is -0.0291. The molecule has 2 rings (SSSR count). The molecular formula is C17H20FN3O2S. The van der Waals surface area contributed by atoms with E-state index in [1.54, 1.807) is 25.1 Å². The number of carbonyl (C=O) groups excluding carboxylic acids is 2. The first-order valence-corrected chi connectivity index (χ1v) is 8.32. The van der Waals surface area contributed by atoms with Crippen molar-refractivity contribution < 1.29 is 14.0 Å². The van der Waals surface area contributed by atoms with Crippen LogP contribution in [0.4, 0.5) is 4.39 Å². The van der Waals surface area contributed by atoms with Crippen molar-refractivity contribution in [3.05, 3.63) is 41.2 Å². The number of aromatic nitrogens is 1. The lowest BCUT2D eigenvalue weighted by atomic mass is 10.1. The molecule has 0 saturated heterocycles. The first-order valence-electron chi connectivity index (χ1n) is 7.51. The highest BCUT2D eigenvalue weighted by atomic mass is 32.1. The highest BCUT2D eigenvalue weighted by Crippen LogP contribution is 2.27. The average molecular weight is 349 g/mol. The molecule has 1 unspecified atom stereocenters. The van der Waals surface area contributed by atoms with Crippen molar-refractivity contribution in [2.24, 2.45) is 0 Å². The molecule has 2 aromatic rings. The summed E-state index contributed by atoms with van der Waals surface area (Å²) < 4.78 is 13.8. The van der Waals surface area contributed by atoms with Gasteiger partial charge in [-0.25, -0.2) is 9.37 Å². The molecule has 2 N–H and O–H groups in total. The summed E-state index contributed by atoms with van der Waals surface area (Å²) in [7, 11) is 0. The van der Waals surface area contributed by atoms with E-state index in [2.05, 4.69) is 15.6 Å². The Kier molecular flexibility index (Phi) is 5.33. The number of carbonyl (C=O) groups is 2. The fourth-order valence-electron chi connectivity index (χ4n) is 1.95. The predicted molar refractivity (Wildman–Crippen MR) is 92.3 cm³/mol. The highest BCUT2D eigenvalue weighted by Gasteiger charge is 2.22. The molecule has 0 radical (unpaired) electrons. The second-order valence-corrected chi connectivity index (χ2v) is 7.47. The standard InChI is InChI=1S/C17H20FN3O2S/c1-10(14(22)21-17(2,3)4)20-15(23)13-9-19-16(24-13)11-7-5-6-8-12(11)18/h5-10H,1-4H3,(H,20,23)(H,21,22). The van der Waals surface area contributed by atoms with E-state index in [0.29, 0.717) is 15.4 Å². The van der Waals surface area contributed by atoms with E-state index in [-0.39, 0.29) is 11.4 Å². The summed E-state index contributed by atoms with van der Waals surface area (Å²) in [5.74, 6) is -1.07. The van der Waals surface area contributed by atoms with Gasteiger partial charge in [0, 0.05) is 11.1 Å². The quantitative estimate of drug-likeness (QED) is 0.891. The summed E-state index contributed by atoms with van der Waals surface area (Å²) >= 11 is 1.08. The fourth-order valence-corrected chi connectivity index (χ4v) is 2.80. The summed E-state index contributed by atoms with van der Waals surface area (Å²) in [6, 6.07) is 5.56. The van der Waals surface area contributed by atoms with Crippen molar-refractivity contribution in [2.45, 2.75) is 39.3 Å². The van der Waals surface area contributed by atoms with Gasteiger partial charge in [-0.1, -0.05) is 12.1 Å². The van der Waals surface area contributed by atoms with E-state index in [1.807, 2.05) is 20.8 Å². The van der Waals surface area contributed by atoms with Gasteiger partial charge in [-0.3, -0.25) is 9.59 Å². The van der Waals surface area contributed by atoms with Crippen LogP contribution in [0.1, 0.15) is 37.4 Å². The minimum absolute atomic E-state index is 0.269. The summed E-state index contributed by atoms with van der Waals surface area (Å²) in [6.45, 7) is 7.20. The molecule has 1 aromatic heterocycles. The maximum Gasteiger partial charge on any atom is 0.263 e. The van der Waals surface area contributed by atoms with Crippen LogP contribution in [0.25, 0.3) is 10.6 Å². The number of rotatable bonds is 4. The lowest BCUT2D eigenvalue weighted by molar-refractivity contribution is -0.124. The van der Waals surface area contributed by atoms with Gasteiger partial charge in [-0.2, -0.15) is 0 Å². The Bertz CT molecular complexity index is 752. The van der Waals surface area contributed by atoms with Crippen molar-refractivity contribution in [1.29, 1.82) is 0 Å². The number of nitrogens with zero attached hydrogens (tertiary/aromatic N) is 1. The molecule has 0 aliphatic heterocycles. The molecule has 5 nitrogen and oxygen atoms in total. The third kappa shape index (κ3) is 4.61. The average Bonchev–Trinajstić information content (AvgIpc) is 2.95. The van der Waals surface area contributed by atoms with E-state index in [4.69, 9.17) is 0 Å². The predicted octanol–water partition coefficient (Wildman–Crippen LogP) is 2.98. The molecule has 0 saturated carbocycles. The van der Waals surface area contributed by atoms with Crippen LogP contribution in [-0.2, 0) is 4.79 Å². The lowest BCUT2D eigenvalue weighted by Crippen LogP contribution is -2.50. The molecule has 0 fully saturated rings. The zero-order chi connectivity index (χ0) is 17.9. The van der Waals surface area contributed by atoms with E-state index in [9.17, 15) is 14.0 Å². The number of halogens is 1. The second kappa shape index (κ2) is 7.09. The second-order valence-electron chi connectivity index (χ2n) is 6.44.